The molecular weight excluding hydrogens is 423 g/mol. The normalized spacial score (nSPS) is 16.6. The smallest absolute Gasteiger partial charge is 1.00 e. The van der Waals surface area contributed by atoms with Crippen molar-refractivity contribution in [2.24, 2.45) is 0 Å². The van der Waals surface area contributed by atoms with E-state index in [9.17, 15) is 10.3 Å². The number of likely N-dealkylation sites (tertiary alicyclic amines) is 1. The molecule has 1 amide bonds. The minimum Gasteiger partial charge on any atom is -1.00 e. The Hall–Kier alpha value is -0.317. The molecule has 24 heavy (non-hydrogen) atoms. The number of unbranched alkanes of at least 4 members (excludes halogenated alkanes) is 1. The Labute approximate surface area is 172 Å². The number of hydrogen-bond donors (Lipinski definition) is 0. The molecule has 1 fully saturated rings. The Kier molecular flexibility index (Phi) is 14.0. The van der Waals surface area contributed by atoms with Gasteiger partial charge in [-0.15, -0.1) is 11.8 Å². The van der Waals surface area contributed by atoms with Crippen molar-refractivity contribution in [3.05, 3.63) is 28.0 Å². The zero-order valence-electron chi connectivity index (χ0n) is 14.1. The van der Waals surface area contributed by atoms with Crippen LogP contribution in [0.25, 0.3) is 5.53 Å². The number of amides is 1. The molecule has 9 heteroatoms. The quantitative estimate of drug-likeness (QED) is 0.190. The average molecular weight is 444 g/mol. The van der Waals surface area contributed by atoms with Crippen molar-refractivity contribution < 1.29 is 58.6 Å². The first-order valence-corrected chi connectivity index (χ1v) is 8.33. The van der Waals surface area contributed by atoms with Crippen molar-refractivity contribution in [1.82, 2.24) is 4.90 Å². The summed E-state index contributed by atoms with van der Waals surface area (Å²) < 4.78 is 5.42. The van der Waals surface area contributed by atoms with Crippen molar-refractivity contribution in [3.63, 3.8) is 0 Å². The second kappa shape index (κ2) is 13.0. The first-order chi connectivity index (χ1) is 10.2. The minimum atomic E-state index is 0. The predicted octanol–water partition coefficient (Wildman–Crippen LogP) is -3.04. The zero-order chi connectivity index (χ0) is 15.2. The van der Waals surface area contributed by atoms with Gasteiger partial charge in [-0.05, 0) is 24.7 Å². The van der Waals surface area contributed by atoms with E-state index in [0.29, 0.717) is 25.1 Å². The second-order valence-corrected chi connectivity index (χ2v) is 6.23. The predicted molar refractivity (Wildman–Crippen MR) is 83.7 cm³/mol. The Balaban J connectivity index is 0. The van der Waals surface area contributed by atoms with Crippen LogP contribution in [0.5, 0.6) is 0 Å². The molecule has 0 atom stereocenters. The minimum absolute atomic E-state index is 0. The van der Waals surface area contributed by atoms with Gasteiger partial charge in [0.1, 0.15) is 17.9 Å². The molecular formula is C15H21Cl2N3O2SZn. The molecule has 0 aromatic heterocycles. The number of rotatable bonds is 6. The fourth-order valence-corrected chi connectivity index (χ4v) is 3.63. The van der Waals surface area contributed by atoms with Crippen molar-refractivity contribution in [2.45, 2.75) is 39.0 Å². The van der Waals surface area contributed by atoms with E-state index in [2.05, 4.69) is 11.7 Å². The third-order valence-electron chi connectivity index (χ3n) is 3.65. The van der Waals surface area contributed by atoms with Crippen LogP contribution in [0.15, 0.2) is 22.4 Å². The summed E-state index contributed by atoms with van der Waals surface area (Å²) in [5.74, 6) is 1.92. The number of halogens is 2. The van der Waals surface area contributed by atoms with E-state index < -0.39 is 0 Å². The maximum atomic E-state index is 11.9. The molecule has 1 saturated heterocycles. The molecule has 130 valence electrons. The SMILES string of the molecule is CCCCSC1=C(OC)CC(=[N+]=[N-])C(N2CCCC2=O)=C1.[Cl-].[Cl-].[Zn+2]. The number of nitrogens with zero attached hydrogens (tertiary/aromatic N) is 3. The summed E-state index contributed by atoms with van der Waals surface area (Å²) in [6.45, 7) is 2.85. The number of carbonyl (C=O) groups excluding carboxylic acids is 1. The van der Waals surface area contributed by atoms with Gasteiger partial charge in [-0.1, -0.05) is 13.3 Å². The van der Waals surface area contributed by atoms with Crippen LogP contribution in [0.3, 0.4) is 0 Å². The largest absolute Gasteiger partial charge is 2.00 e. The molecule has 1 aliphatic carbocycles. The standard InChI is InChI=1S/C15H21N3O2S.2ClH.Zn/c1-3-4-8-21-14-10-12(18-7-5-6-15(18)19)11(17-16)9-13(14)20-2;;;/h10H,3-9H2,1-2H3;2*1H;/q;;;+2/p-2. The Morgan fingerprint density at radius 1 is 1.42 bits per heavy atom. The molecule has 1 heterocycles. The van der Waals surface area contributed by atoms with Crippen LogP contribution in [0, 0.1) is 0 Å². The Morgan fingerprint density at radius 3 is 2.62 bits per heavy atom. The summed E-state index contributed by atoms with van der Waals surface area (Å²) in [5.41, 5.74) is 10.5. The fourth-order valence-electron chi connectivity index (χ4n) is 2.46. The molecule has 2 rings (SSSR count). The van der Waals surface area contributed by atoms with Crippen molar-refractivity contribution in [1.29, 1.82) is 0 Å². The van der Waals surface area contributed by atoms with Gasteiger partial charge in [0.15, 0.2) is 0 Å². The van der Waals surface area contributed by atoms with Gasteiger partial charge in [0.2, 0.25) is 5.91 Å². The summed E-state index contributed by atoms with van der Waals surface area (Å²) >= 11 is 1.73. The molecule has 0 radical (unpaired) electrons. The number of hydrogen-bond acceptors (Lipinski definition) is 3. The molecule has 5 nitrogen and oxygen atoms in total. The van der Waals surface area contributed by atoms with Gasteiger partial charge < -0.3 is 40.0 Å². The summed E-state index contributed by atoms with van der Waals surface area (Å²) in [7, 11) is 1.63. The van der Waals surface area contributed by atoms with E-state index in [1.165, 1.54) is 0 Å². The molecule has 0 unspecified atom stereocenters. The Bertz CT molecular complexity index is 549. The number of allylic oxidation sites excluding steroid dienone is 3. The van der Waals surface area contributed by atoms with Gasteiger partial charge in [-0.25, -0.2) is 0 Å². The van der Waals surface area contributed by atoms with E-state index >= 15 is 0 Å². The Morgan fingerprint density at radius 2 is 2.12 bits per heavy atom. The van der Waals surface area contributed by atoms with Crippen molar-refractivity contribution >= 4 is 23.4 Å². The van der Waals surface area contributed by atoms with Gasteiger partial charge in [-0.3, -0.25) is 4.79 Å². The van der Waals surface area contributed by atoms with E-state index in [1.54, 1.807) is 23.8 Å². The molecule has 0 saturated carbocycles. The third-order valence-corrected chi connectivity index (χ3v) is 4.80. The number of ether oxygens (including phenoxy) is 1. The molecule has 0 spiro atoms. The molecule has 0 bridgehead atoms. The molecule has 0 aromatic rings. The van der Waals surface area contributed by atoms with Gasteiger partial charge in [0, 0.05) is 17.9 Å². The average Bonchev–Trinajstić information content (AvgIpc) is 2.93. The van der Waals surface area contributed by atoms with Crippen LogP contribution in [0.1, 0.15) is 39.0 Å². The molecule has 0 aromatic carbocycles. The summed E-state index contributed by atoms with van der Waals surface area (Å²) in [6.07, 6.45) is 6.06. The maximum absolute atomic E-state index is 11.9. The topological polar surface area (TPSA) is 65.9 Å². The van der Waals surface area contributed by atoms with Crippen molar-refractivity contribution in [2.75, 3.05) is 19.4 Å². The van der Waals surface area contributed by atoms with Gasteiger partial charge >= 0.3 is 25.2 Å². The first kappa shape index (κ1) is 25.9. The molecule has 1 aliphatic heterocycles. The van der Waals surface area contributed by atoms with E-state index in [-0.39, 0.29) is 50.2 Å². The zero-order valence-corrected chi connectivity index (χ0v) is 19.4. The van der Waals surface area contributed by atoms with Gasteiger partial charge in [-0.2, -0.15) is 4.79 Å². The summed E-state index contributed by atoms with van der Waals surface area (Å²) in [4.78, 5) is 18.1. The number of thioether (sulfide) groups is 1. The van der Waals surface area contributed by atoms with Crippen LogP contribution in [0.2, 0.25) is 0 Å². The molecule has 2 aliphatic rings. The van der Waals surface area contributed by atoms with E-state index in [1.807, 2.05) is 6.08 Å². The van der Waals surface area contributed by atoms with Crippen molar-refractivity contribution in [3.8, 4) is 0 Å². The number of methoxy groups -OCH3 is 1. The van der Waals surface area contributed by atoms with Gasteiger partial charge in [0.05, 0.1) is 7.11 Å². The van der Waals surface area contributed by atoms with Crippen LogP contribution >= 0.6 is 11.8 Å². The first-order valence-electron chi connectivity index (χ1n) is 7.34. The third kappa shape index (κ3) is 6.20. The fraction of sp³-hybridized carbons (Fsp3) is 0.600. The number of carbonyl (C=O) groups is 1. The second-order valence-electron chi connectivity index (χ2n) is 5.10. The van der Waals surface area contributed by atoms with E-state index in [4.69, 9.17) is 4.74 Å². The van der Waals surface area contributed by atoms with Gasteiger partial charge in [0.25, 0.3) is 0 Å². The van der Waals surface area contributed by atoms with Crippen LogP contribution in [0.4, 0.5) is 0 Å². The van der Waals surface area contributed by atoms with Crippen LogP contribution in [-0.4, -0.2) is 40.7 Å². The van der Waals surface area contributed by atoms with E-state index in [0.717, 1.165) is 41.4 Å². The van der Waals surface area contributed by atoms with Crippen LogP contribution in [-0.2, 0) is 29.0 Å². The summed E-state index contributed by atoms with van der Waals surface area (Å²) in [6, 6.07) is 0. The van der Waals surface area contributed by atoms with Crippen LogP contribution < -0.4 is 24.8 Å². The monoisotopic (exact) mass is 441 g/mol. The summed E-state index contributed by atoms with van der Waals surface area (Å²) in [5, 5.41) is 0. The molecule has 0 N–H and O–H groups in total. The maximum Gasteiger partial charge on any atom is 2.00 e.